The molecule has 19 heavy (non-hydrogen) atoms. The quantitative estimate of drug-likeness (QED) is 0.639. The van der Waals surface area contributed by atoms with Crippen molar-refractivity contribution in [3.63, 3.8) is 0 Å². The van der Waals surface area contributed by atoms with E-state index in [1.165, 1.54) is 6.42 Å². The van der Waals surface area contributed by atoms with Crippen LogP contribution in [0.4, 0.5) is 0 Å². The number of halogens is 2. The van der Waals surface area contributed by atoms with Crippen LogP contribution >= 0.6 is 31.9 Å². The molecule has 0 aliphatic rings. The van der Waals surface area contributed by atoms with Crippen molar-refractivity contribution in [2.75, 3.05) is 26.9 Å². The summed E-state index contributed by atoms with van der Waals surface area (Å²) >= 11 is 6.99. The third-order valence-corrected chi connectivity index (χ3v) is 3.72. The Balaban J connectivity index is 2.36. The van der Waals surface area contributed by atoms with Gasteiger partial charge in [0.15, 0.2) is 0 Å². The Morgan fingerprint density at radius 1 is 1.21 bits per heavy atom. The van der Waals surface area contributed by atoms with Crippen molar-refractivity contribution < 1.29 is 9.47 Å². The molecule has 0 radical (unpaired) electrons. The lowest BCUT2D eigenvalue weighted by Gasteiger charge is -2.12. The second kappa shape index (κ2) is 9.75. The molecule has 1 rings (SSSR count). The molecule has 0 heterocycles. The van der Waals surface area contributed by atoms with Crippen LogP contribution in [0.1, 0.15) is 25.3 Å². The minimum atomic E-state index is 0.748. The highest BCUT2D eigenvalue weighted by Crippen LogP contribution is 2.32. The highest BCUT2D eigenvalue weighted by molar-refractivity contribution is 9.11. The van der Waals surface area contributed by atoms with E-state index >= 15 is 0 Å². The van der Waals surface area contributed by atoms with E-state index in [0.29, 0.717) is 0 Å². The van der Waals surface area contributed by atoms with Gasteiger partial charge in [-0.05, 0) is 34.5 Å². The van der Waals surface area contributed by atoms with Crippen molar-refractivity contribution in [1.29, 1.82) is 0 Å². The number of hydrogen-bond acceptors (Lipinski definition) is 3. The molecule has 0 aromatic heterocycles. The van der Waals surface area contributed by atoms with Gasteiger partial charge in [0, 0.05) is 29.7 Å². The molecule has 0 unspecified atom stereocenters. The van der Waals surface area contributed by atoms with E-state index in [9.17, 15) is 0 Å². The van der Waals surface area contributed by atoms with Gasteiger partial charge >= 0.3 is 0 Å². The largest absolute Gasteiger partial charge is 0.495 e. The van der Waals surface area contributed by atoms with Crippen LogP contribution in [0, 0.1) is 0 Å². The second-order valence-corrected chi connectivity index (χ2v) is 5.99. The first-order chi connectivity index (χ1) is 9.19. The van der Waals surface area contributed by atoms with Gasteiger partial charge in [0.05, 0.1) is 18.2 Å². The highest BCUT2D eigenvalue weighted by Gasteiger charge is 2.08. The van der Waals surface area contributed by atoms with Gasteiger partial charge in [0.2, 0.25) is 0 Å². The maximum Gasteiger partial charge on any atom is 0.137 e. The van der Waals surface area contributed by atoms with Crippen LogP contribution < -0.4 is 10.1 Å². The molecule has 0 fully saturated rings. The fraction of sp³-hybridized carbons (Fsp3) is 0.571. The normalized spacial score (nSPS) is 10.7. The van der Waals surface area contributed by atoms with E-state index in [1.54, 1.807) is 7.11 Å². The number of benzene rings is 1. The first-order valence-electron chi connectivity index (χ1n) is 6.49. The average molecular weight is 395 g/mol. The van der Waals surface area contributed by atoms with Gasteiger partial charge < -0.3 is 14.8 Å². The first kappa shape index (κ1) is 17.0. The van der Waals surface area contributed by atoms with Gasteiger partial charge in [-0.2, -0.15) is 0 Å². The van der Waals surface area contributed by atoms with Gasteiger partial charge in [0.25, 0.3) is 0 Å². The highest BCUT2D eigenvalue weighted by atomic mass is 79.9. The molecule has 108 valence electrons. The summed E-state index contributed by atoms with van der Waals surface area (Å²) in [5, 5.41) is 3.36. The number of rotatable bonds is 9. The molecule has 0 amide bonds. The monoisotopic (exact) mass is 393 g/mol. The third-order valence-electron chi connectivity index (χ3n) is 2.67. The molecular weight excluding hydrogens is 374 g/mol. The minimum Gasteiger partial charge on any atom is -0.495 e. The molecular formula is C14H21Br2NO2. The van der Waals surface area contributed by atoms with E-state index in [2.05, 4.69) is 50.2 Å². The van der Waals surface area contributed by atoms with Crippen LogP contribution in [0.15, 0.2) is 21.1 Å². The summed E-state index contributed by atoms with van der Waals surface area (Å²) in [6, 6.07) is 4.05. The van der Waals surface area contributed by atoms with E-state index in [4.69, 9.17) is 9.47 Å². The van der Waals surface area contributed by atoms with Gasteiger partial charge in [-0.1, -0.05) is 29.3 Å². The van der Waals surface area contributed by atoms with Crippen molar-refractivity contribution in [2.24, 2.45) is 0 Å². The lowest BCUT2D eigenvalue weighted by Crippen LogP contribution is -2.20. The number of unbranched alkanes of at least 4 members (excludes halogenated alkanes) is 1. The summed E-state index contributed by atoms with van der Waals surface area (Å²) < 4.78 is 12.9. The summed E-state index contributed by atoms with van der Waals surface area (Å²) in [6.07, 6.45) is 2.31. The fourth-order valence-corrected chi connectivity index (χ4v) is 3.16. The third kappa shape index (κ3) is 6.25. The Morgan fingerprint density at radius 3 is 2.68 bits per heavy atom. The zero-order valence-corrected chi connectivity index (χ0v) is 14.6. The number of methoxy groups -OCH3 is 1. The molecule has 0 atom stereocenters. The molecule has 0 aliphatic carbocycles. The fourth-order valence-electron chi connectivity index (χ4n) is 1.69. The zero-order chi connectivity index (χ0) is 14.1. The molecule has 1 aromatic rings. The van der Waals surface area contributed by atoms with Crippen LogP contribution in [0.5, 0.6) is 5.75 Å². The van der Waals surface area contributed by atoms with Crippen molar-refractivity contribution in [3.8, 4) is 5.75 Å². The summed E-state index contributed by atoms with van der Waals surface area (Å²) in [7, 11) is 1.69. The molecule has 0 spiro atoms. The Morgan fingerprint density at radius 2 is 2.00 bits per heavy atom. The van der Waals surface area contributed by atoms with E-state index in [1.807, 2.05) is 6.07 Å². The molecule has 5 heteroatoms. The zero-order valence-electron chi connectivity index (χ0n) is 11.5. The smallest absolute Gasteiger partial charge is 0.137 e. The van der Waals surface area contributed by atoms with Crippen LogP contribution in [-0.4, -0.2) is 26.9 Å². The van der Waals surface area contributed by atoms with E-state index in [-0.39, 0.29) is 0 Å². The Bertz CT molecular complexity index is 386. The van der Waals surface area contributed by atoms with E-state index in [0.717, 1.165) is 53.0 Å². The lowest BCUT2D eigenvalue weighted by molar-refractivity contribution is 0.133. The van der Waals surface area contributed by atoms with Gasteiger partial charge in [-0.3, -0.25) is 0 Å². The van der Waals surface area contributed by atoms with Crippen molar-refractivity contribution in [2.45, 2.75) is 26.3 Å². The van der Waals surface area contributed by atoms with Crippen molar-refractivity contribution >= 4 is 31.9 Å². The molecule has 1 N–H and O–H groups in total. The van der Waals surface area contributed by atoms with Crippen molar-refractivity contribution in [3.05, 3.63) is 26.6 Å². The van der Waals surface area contributed by atoms with Crippen molar-refractivity contribution in [1.82, 2.24) is 5.32 Å². The first-order valence-corrected chi connectivity index (χ1v) is 8.08. The van der Waals surface area contributed by atoms with Crippen LogP contribution in [-0.2, 0) is 11.3 Å². The average Bonchev–Trinajstić information content (AvgIpc) is 2.37. The maximum absolute atomic E-state index is 5.50. The van der Waals surface area contributed by atoms with Gasteiger partial charge in [0.1, 0.15) is 5.75 Å². The second-order valence-electron chi connectivity index (χ2n) is 4.22. The molecule has 0 saturated heterocycles. The maximum atomic E-state index is 5.50. The predicted molar refractivity (Wildman–Crippen MR) is 85.8 cm³/mol. The number of ether oxygens (including phenoxy) is 2. The summed E-state index contributed by atoms with van der Waals surface area (Å²) in [4.78, 5) is 0. The number of nitrogens with one attached hydrogen (secondary N) is 1. The Hall–Kier alpha value is -0.100. The molecule has 3 nitrogen and oxygen atoms in total. The van der Waals surface area contributed by atoms with Crippen LogP contribution in [0.25, 0.3) is 0 Å². The van der Waals surface area contributed by atoms with Gasteiger partial charge in [-0.25, -0.2) is 0 Å². The number of hydrogen-bond donors (Lipinski definition) is 1. The SMILES string of the molecule is CCCCOCCNCc1cc(Br)cc(Br)c1OC. The van der Waals surface area contributed by atoms with Gasteiger partial charge in [-0.15, -0.1) is 0 Å². The molecule has 0 aliphatic heterocycles. The Labute approximate surface area is 132 Å². The minimum absolute atomic E-state index is 0.748. The summed E-state index contributed by atoms with van der Waals surface area (Å²) in [6.45, 7) is 5.37. The predicted octanol–water partition coefficient (Wildman–Crippen LogP) is 4.13. The van der Waals surface area contributed by atoms with Crippen LogP contribution in [0.2, 0.25) is 0 Å². The summed E-state index contributed by atoms with van der Waals surface area (Å²) in [5.41, 5.74) is 1.12. The molecule has 1 aromatic carbocycles. The molecule has 0 saturated carbocycles. The van der Waals surface area contributed by atoms with E-state index < -0.39 is 0 Å². The summed E-state index contributed by atoms with van der Waals surface area (Å²) in [5.74, 6) is 0.877. The Kier molecular flexibility index (Phi) is 8.70. The van der Waals surface area contributed by atoms with Crippen LogP contribution in [0.3, 0.4) is 0 Å². The lowest BCUT2D eigenvalue weighted by atomic mass is 10.2. The molecule has 0 bridgehead atoms. The topological polar surface area (TPSA) is 30.5 Å². The standard InChI is InChI=1S/C14H21Br2NO2/c1-3-4-6-19-7-5-17-10-11-8-12(15)9-13(16)14(11)18-2/h8-9,17H,3-7,10H2,1-2H3.